The molecule has 12 rings (SSSR count). The lowest BCUT2D eigenvalue weighted by atomic mass is 9.83. The van der Waals surface area contributed by atoms with Crippen LogP contribution in [0.15, 0.2) is 237 Å². The first-order valence-corrected chi connectivity index (χ1v) is 26.0. The van der Waals surface area contributed by atoms with Gasteiger partial charge in [-0.05, 0) is 129 Å². The van der Waals surface area contributed by atoms with Gasteiger partial charge in [-0.3, -0.25) is 0 Å². The Labute approximate surface area is 436 Å². The summed E-state index contributed by atoms with van der Waals surface area (Å²) in [7, 11) is 0. The van der Waals surface area contributed by atoms with Crippen molar-refractivity contribution in [3.8, 4) is 44.5 Å². The molecule has 0 aliphatic heterocycles. The molecule has 0 fully saturated rings. The fraction of sp³-hybridized carbons (Fsp3) is 0.111. The summed E-state index contributed by atoms with van der Waals surface area (Å²) in [4.78, 5) is 5.22. The topological polar surface area (TPSA) is 6.48 Å². The molecule has 0 aliphatic carbocycles. The molecule has 0 aromatic heterocycles. The van der Waals surface area contributed by atoms with Crippen LogP contribution in [0.25, 0.3) is 76.8 Å². The third kappa shape index (κ3) is 8.17. The minimum Gasteiger partial charge on any atom is -0.309 e. The SMILES string of the molecule is Cc1ccc(-c2ccccc2)cc1N(c1c(C)cccc1-c1ccccc1)c1cc(N(c2cc(-c3ccccc3)ccc2C)c2c(C)cccc2-c2ccccc2)c2ccc3cc(C(C)(C)C)cc4ccc1c2c43. The number of rotatable bonds is 10. The zero-order valence-corrected chi connectivity index (χ0v) is 43.4. The highest BCUT2D eigenvalue weighted by molar-refractivity contribution is 6.29. The lowest BCUT2D eigenvalue weighted by Crippen LogP contribution is -2.18. The third-order valence-electron chi connectivity index (χ3n) is 15.2. The molecule has 0 saturated heterocycles. The molecule has 0 bridgehead atoms. The Morgan fingerprint density at radius 3 is 1.07 bits per heavy atom. The number of hydrogen-bond donors (Lipinski definition) is 0. The average molecular weight is 953 g/mol. The van der Waals surface area contributed by atoms with Crippen LogP contribution < -0.4 is 9.80 Å². The van der Waals surface area contributed by atoms with Gasteiger partial charge in [0, 0.05) is 38.7 Å². The maximum atomic E-state index is 2.61. The van der Waals surface area contributed by atoms with Crippen molar-refractivity contribution in [2.45, 2.75) is 53.9 Å². The maximum absolute atomic E-state index is 2.61. The van der Waals surface area contributed by atoms with Crippen LogP contribution in [0.4, 0.5) is 34.1 Å². The molecule has 0 atom stereocenters. The Hall–Kier alpha value is -8.72. The Kier molecular flexibility index (Phi) is 11.7. The second-order valence-electron chi connectivity index (χ2n) is 21.1. The van der Waals surface area contributed by atoms with E-state index in [1.807, 2.05) is 0 Å². The summed E-state index contributed by atoms with van der Waals surface area (Å²) in [5.74, 6) is 0. The Balaban J connectivity index is 1.28. The molecular formula is C72H60N2. The van der Waals surface area contributed by atoms with Crippen LogP contribution in [0.2, 0.25) is 0 Å². The first-order valence-electron chi connectivity index (χ1n) is 26.0. The van der Waals surface area contributed by atoms with Crippen LogP contribution in [-0.2, 0) is 5.41 Å². The molecule has 0 amide bonds. The molecule has 0 unspecified atom stereocenters. The molecule has 0 saturated carbocycles. The Bertz CT molecular complexity index is 3770. The van der Waals surface area contributed by atoms with Crippen molar-refractivity contribution in [2.75, 3.05) is 9.80 Å². The van der Waals surface area contributed by atoms with Crippen LogP contribution in [0.5, 0.6) is 0 Å². The third-order valence-corrected chi connectivity index (χ3v) is 15.2. The van der Waals surface area contributed by atoms with E-state index < -0.39 is 0 Å². The van der Waals surface area contributed by atoms with Crippen molar-refractivity contribution >= 4 is 66.4 Å². The smallest absolute Gasteiger partial charge is 0.0569 e. The minimum absolute atomic E-state index is 0.0334. The highest BCUT2D eigenvalue weighted by Crippen LogP contribution is 2.55. The monoisotopic (exact) mass is 952 g/mol. The summed E-state index contributed by atoms with van der Waals surface area (Å²) in [6, 6.07) is 88.0. The molecule has 0 heterocycles. The van der Waals surface area contributed by atoms with Gasteiger partial charge in [0.25, 0.3) is 0 Å². The van der Waals surface area contributed by atoms with Gasteiger partial charge in [-0.25, -0.2) is 0 Å². The van der Waals surface area contributed by atoms with Crippen molar-refractivity contribution in [3.05, 3.63) is 264 Å². The molecule has 0 N–H and O–H groups in total. The van der Waals surface area contributed by atoms with Crippen molar-refractivity contribution < 1.29 is 0 Å². The van der Waals surface area contributed by atoms with Gasteiger partial charge in [0.1, 0.15) is 0 Å². The zero-order valence-electron chi connectivity index (χ0n) is 43.4. The molecule has 2 heteroatoms. The molecule has 358 valence electrons. The number of para-hydroxylation sites is 2. The quantitative estimate of drug-likeness (QED) is 0.126. The van der Waals surface area contributed by atoms with Gasteiger partial charge in [-0.1, -0.05) is 239 Å². The summed E-state index contributed by atoms with van der Waals surface area (Å²) in [5.41, 5.74) is 22.2. The van der Waals surface area contributed by atoms with Gasteiger partial charge >= 0.3 is 0 Å². The van der Waals surface area contributed by atoms with Gasteiger partial charge in [0.2, 0.25) is 0 Å². The van der Waals surface area contributed by atoms with Gasteiger partial charge in [-0.15, -0.1) is 0 Å². The van der Waals surface area contributed by atoms with E-state index in [9.17, 15) is 0 Å². The van der Waals surface area contributed by atoms with E-state index in [0.717, 1.165) is 34.1 Å². The lowest BCUT2D eigenvalue weighted by molar-refractivity contribution is 0.591. The van der Waals surface area contributed by atoms with Crippen molar-refractivity contribution in [2.24, 2.45) is 0 Å². The number of aryl methyl sites for hydroxylation is 4. The molecule has 74 heavy (non-hydrogen) atoms. The van der Waals surface area contributed by atoms with E-state index in [1.165, 1.54) is 105 Å². The number of anilines is 6. The van der Waals surface area contributed by atoms with E-state index in [4.69, 9.17) is 0 Å². The molecular weight excluding hydrogens is 893 g/mol. The van der Waals surface area contributed by atoms with Gasteiger partial charge in [0.15, 0.2) is 0 Å². The summed E-state index contributed by atoms with van der Waals surface area (Å²) < 4.78 is 0. The predicted octanol–water partition coefficient (Wildman–Crippen LogP) is 20.7. The highest BCUT2D eigenvalue weighted by atomic mass is 15.2. The van der Waals surface area contributed by atoms with Crippen LogP contribution in [-0.4, -0.2) is 0 Å². The molecule has 12 aromatic carbocycles. The largest absolute Gasteiger partial charge is 0.309 e. The van der Waals surface area contributed by atoms with Gasteiger partial charge in [-0.2, -0.15) is 0 Å². The van der Waals surface area contributed by atoms with Crippen LogP contribution in [0, 0.1) is 27.7 Å². The normalized spacial score (nSPS) is 11.7. The standard InChI is InChI=1S/C72H60N2/c1-47-34-36-55(51-24-12-8-13-25-51)44-64(47)73(70-49(3)22-20-32-60(70)53-28-16-10-17-29-53)66-46-67(63-41-39-58-43-59(72(5,6)7)42-57-38-40-62(66)69(63)68(57)58)74(65-45-56(37-35-48(65)2)52-26-14-9-15-27-52)71-50(4)23-21-33-61(71)54-30-18-11-19-31-54/h8-46H,1-7H3. The summed E-state index contributed by atoms with van der Waals surface area (Å²) in [6.45, 7) is 16.1. The molecule has 0 radical (unpaired) electrons. The second-order valence-corrected chi connectivity index (χ2v) is 21.1. The fourth-order valence-electron chi connectivity index (χ4n) is 11.4. The highest BCUT2D eigenvalue weighted by Gasteiger charge is 2.30. The van der Waals surface area contributed by atoms with E-state index in [1.54, 1.807) is 0 Å². The maximum Gasteiger partial charge on any atom is 0.0569 e. The second kappa shape index (κ2) is 18.7. The van der Waals surface area contributed by atoms with Crippen LogP contribution in [0.3, 0.4) is 0 Å². The molecule has 0 spiro atoms. The minimum atomic E-state index is -0.0334. The molecule has 2 nitrogen and oxygen atoms in total. The Morgan fingerprint density at radius 2 is 0.676 bits per heavy atom. The van der Waals surface area contributed by atoms with Crippen molar-refractivity contribution in [1.29, 1.82) is 0 Å². The van der Waals surface area contributed by atoms with Gasteiger partial charge < -0.3 is 9.80 Å². The van der Waals surface area contributed by atoms with Crippen LogP contribution >= 0.6 is 0 Å². The molecule has 12 aromatic rings. The predicted molar refractivity (Wildman–Crippen MR) is 319 cm³/mol. The average Bonchev–Trinajstić information content (AvgIpc) is 3.44. The van der Waals surface area contributed by atoms with E-state index in [-0.39, 0.29) is 5.41 Å². The van der Waals surface area contributed by atoms with E-state index in [0.29, 0.717) is 0 Å². The summed E-state index contributed by atoms with van der Waals surface area (Å²) in [5, 5.41) is 7.42. The number of hydrogen-bond acceptors (Lipinski definition) is 2. The lowest BCUT2D eigenvalue weighted by Gasteiger charge is -2.36. The van der Waals surface area contributed by atoms with Crippen molar-refractivity contribution in [3.63, 3.8) is 0 Å². The Morgan fingerprint density at radius 1 is 0.284 bits per heavy atom. The van der Waals surface area contributed by atoms with Crippen LogP contribution in [0.1, 0.15) is 48.6 Å². The summed E-state index contributed by atoms with van der Waals surface area (Å²) in [6.07, 6.45) is 0. The number of benzene rings is 12. The van der Waals surface area contributed by atoms with Crippen molar-refractivity contribution in [1.82, 2.24) is 0 Å². The number of nitrogens with zero attached hydrogens (tertiary/aromatic N) is 2. The first kappa shape index (κ1) is 46.4. The van der Waals surface area contributed by atoms with E-state index >= 15 is 0 Å². The van der Waals surface area contributed by atoms with Gasteiger partial charge in [0.05, 0.1) is 22.7 Å². The molecule has 0 aliphatic rings. The first-order chi connectivity index (χ1) is 36.0. The van der Waals surface area contributed by atoms with E-state index in [2.05, 4.69) is 295 Å². The fourth-order valence-corrected chi connectivity index (χ4v) is 11.4. The summed E-state index contributed by atoms with van der Waals surface area (Å²) >= 11 is 0. The zero-order chi connectivity index (χ0) is 50.7.